The van der Waals surface area contributed by atoms with Crippen LogP contribution in [0.4, 0.5) is 0 Å². The first-order chi connectivity index (χ1) is 10.1. The fraction of sp³-hybridized carbons (Fsp3) is 0.389. The highest BCUT2D eigenvalue weighted by Gasteiger charge is 2.22. The van der Waals surface area contributed by atoms with Crippen LogP contribution < -0.4 is 10.9 Å². The van der Waals surface area contributed by atoms with Crippen LogP contribution in [-0.4, -0.2) is 4.98 Å². The van der Waals surface area contributed by atoms with E-state index in [1.54, 1.807) is 6.07 Å². The highest BCUT2D eigenvalue weighted by Crippen LogP contribution is 2.30. The predicted molar refractivity (Wildman–Crippen MR) is 85.5 cm³/mol. The quantitative estimate of drug-likeness (QED) is 0.906. The predicted octanol–water partition coefficient (Wildman–Crippen LogP) is 3.41. The van der Waals surface area contributed by atoms with Crippen LogP contribution in [0.2, 0.25) is 0 Å². The molecule has 0 saturated carbocycles. The van der Waals surface area contributed by atoms with Gasteiger partial charge in [-0.1, -0.05) is 30.3 Å². The number of hydrogen-bond donors (Lipinski definition) is 2. The number of H-pyrrole nitrogens is 1. The molecule has 1 aliphatic rings. The number of rotatable bonds is 3. The van der Waals surface area contributed by atoms with E-state index in [0.29, 0.717) is 12.1 Å². The van der Waals surface area contributed by atoms with Gasteiger partial charge in [-0.25, -0.2) is 0 Å². The number of pyridine rings is 1. The average molecular weight is 282 g/mol. The lowest BCUT2D eigenvalue weighted by molar-refractivity contribution is 0.411. The topological polar surface area (TPSA) is 44.9 Å². The summed E-state index contributed by atoms with van der Waals surface area (Å²) in [6, 6.07) is 12.7. The molecular weight excluding hydrogens is 260 g/mol. The zero-order chi connectivity index (χ0) is 14.8. The van der Waals surface area contributed by atoms with Gasteiger partial charge in [0.2, 0.25) is 5.56 Å². The minimum absolute atomic E-state index is 0.00125. The third kappa shape index (κ3) is 2.93. The van der Waals surface area contributed by atoms with Crippen molar-refractivity contribution < 1.29 is 0 Å². The van der Waals surface area contributed by atoms with E-state index in [4.69, 9.17) is 0 Å². The van der Waals surface area contributed by atoms with Crippen LogP contribution >= 0.6 is 0 Å². The number of nitrogens with one attached hydrogen (secondary N) is 2. The largest absolute Gasteiger partial charge is 0.326 e. The minimum atomic E-state index is 0.00125. The van der Waals surface area contributed by atoms with E-state index in [-0.39, 0.29) is 5.56 Å². The summed E-state index contributed by atoms with van der Waals surface area (Å²) < 4.78 is 0. The lowest BCUT2D eigenvalue weighted by Gasteiger charge is -2.29. The Morgan fingerprint density at radius 1 is 1.24 bits per heavy atom. The van der Waals surface area contributed by atoms with Gasteiger partial charge in [0.1, 0.15) is 0 Å². The minimum Gasteiger partial charge on any atom is -0.326 e. The van der Waals surface area contributed by atoms with Crippen molar-refractivity contribution in [2.24, 2.45) is 0 Å². The van der Waals surface area contributed by atoms with Crippen molar-refractivity contribution in [1.29, 1.82) is 0 Å². The molecule has 1 aromatic carbocycles. The van der Waals surface area contributed by atoms with Gasteiger partial charge in [0.05, 0.1) is 0 Å². The maximum absolute atomic E-state index is 11.5. The number of benzene rings is 1. The first-order valence-electron chi connectivity index (χ1n) is 7.69. The molecule has 3 nitrogen and oxygen atoms in total. The Hall–Kier alpha value is -1.87. The molecule has 110 valence electrons. The van der Waals surface area contributed by atoms with E-state index in [2.05, 4.69) is 48.4 Å². The molecule has 0 fully saturated rings. The van der Waals surface area contributed by atoms with Crippen LogP contribution in [0.1, 0.15) is 54.2 Å². The van der Waals surface area contributed by atoms with Crippen molar-refractivity contribution in [3.8, 4) is 0 Å². The molecule has 0 spiro atoms. The molecule has 21 heavy (non-hydrogen) atoms. The molecular formula is C18H22N2O. The maximum Gasteiger partial charge on any atom is 0.248 e. The maximum atomic E-state index is 11.5. The summed E-state index contributed by atoms with van der Waals surface area (Å²) in [5, 5.41) is 3.73. The second-order valence-corrected chi connectivity index (χ2v) is 5.95. The molecule has 3 rings (SSSR count). The molecule has 0 saturated heterocycles. The summed E-state index contributed by atoms with van der Waals surface area (Å²) >= 11 is 0. The fourth-order valence-electron chi connectivity index (χ4n) is 3.34. The van der Waals surface area contributed by atoms with Crippen LogP contribution in [-0.2, 0) is 6.42 Å². The molecule has 0 radical (unpaired) electrons. The zero-order valence-electron chi connectivity index (χ0n) is 12.6. The summed E-state index contributed by atoms with van der Waals surface area (Å²) in [7, 11) is 0. The van der Waals surface area contributed by atoms with E-state index in [9.17, 15) is 4.79 Å². The van der Waals surface area contributed by atoms with Crippen molar-refractivity contribution in [2.45, 2.75) is 45.2 Å². The highest BCUT2D eigenvalue weighted by atomic mass is 16.1. The summed E-state index contributed by atoms with van der Waals surface area (Å²) in [6.07, 6.45) is 3.21. The first kappa shape index (κ1) is 14.1. The van der Waals surface area contributed by atoms with Crippen LogP contribution in [0, 0.1) is 6.92 Å². The van der Waals surface area contributed by atoms with Gasteiger partial charge < -0.3 is 10.3 Å². The van der Waals surface area contributed by atoms with Crippen molar-refractivity contribution in [1.82, 2.24) is 10.3 Å². The second-order valence-electron chi connectivity index (χ2n) is 5.95. The Morgan fingerprint density at radius 2 is 2.05 bits per heavy atom. The van der Waals surface area contributed by atoms with Crippen molar-refractivity contribution in [2.75, 3.05) is 0 Å². The van der Waals surface area contributed by atoms with E-state index in [1.807, 2.05) is 6.07 Å². The average Bonchev–Trinajstić information content (AvgIpc) is 2.47. The van der Waals surface area contributed by atoms with Crippen molar-refractivity contribution in [3.63, 3.8) is 0 Å². The van der Waals surface area contributed by atoms with E-state index >= 15 is 0 Å². The van der Waals surface area contributed by atoms with Crippen molar-refractivity contribution >= 4 is 0 Å². The van der Waals surface area contributed by atoms with E-state index in [1.165, 1.54) is 16.7 Å². The first-order valence-corrected chi connectivity index (χ1v) is 7.69. The van der Waals surface area contributed by atoms with Crippen LogP contribution in [0.25, 0.3) is 0 Å². The van der Waals surface area contributed by atoms with E-state index in [0.717, 1.165) is 25.0 Å². The molecule has 3 heteroatoms. The van der Waals surface area contributed by atoms with E-state index < -0.39 is 0 Å². The SMILES string of the molecule is Cc1ccccc1[C@@H](C)NC1CCCc2[nH]c(=O)ccc21. The van der Waals surface area contributed by atoms with Gasteiger partial charge in [0.15, 0.2) is 0 Å². The molecule has 1 unspecified atom stereocenters. The molecule has 1 aromatic heterocycles. The van der Waals surface area contributed by atoms with Gasteiger partial charge in [-0.05, 0) is 49.8 Å². The number of fused-ring (bicyclic) bond motifs is 1. The Balaban J connectivity index is 1.84. The number of aryl methyl sites for hydroxylation is 2. The third-order valence-electron chi connectivity index (χ3n) is 4.44. The summed E-state index contributed by atoms with van der Waals surface area (Å²) in [5.41, 5.74) is 5.01. The highest BCUT2D eigenvalue weighted by molar-refractivity contribution is 5.30. The van der Waals surface area contributed by atoms with Gasteiger partial charge in [0.25, 0.3) is 0 Å². The molecule has 1 heterocycles. The molecule has 2 atom stereocenters. The monoisotopic (exact) mass is 282 g/mol. The fourth-order valence-corrected chi connectivity index (χ4v) is 3.34. The lowest BCUT2D eigenvalue weighted by atomic mass is 9.90. The van der Waals surface area contributed by atoms with Crippen LogP contribution in [0.5, 0.6) is 0 Å². The molecule has 1 aliphatic carbocycles. The van der Waals surface area contributed by atoms with Gasteiger partial charge in [-0.2, -0.15) is 0 Å². The van der Waals surface area contributed by atoms with Crippen molar-refractivity contribution in [3.05, 3.63) is 69.1 Å². The number of hydrogen-bond acceptors (Lipinski definition) is 2. The Kier molecular flexibility index (Phi) is 3.93. The summed E-state index contributed by atoms with van der Waals surface area (Å²) in [5.74, 6) is 0. The van der Waals surface area contributed by atoms with Gasteiger partial charge in [0, 0.05) is 23.8 Å². The molecule has 0 bridgehead atoms. The Bertz CT molecular complexity index is 690. The zero-order valence-corrected chi connectivity index (χ0v) is 12.6. The summed E-state index contributed by atoms with van der Waals surface area (Å²) in [6.45, 7) is 4.36. The Labute approximate surface area is 125 Å². The molecule has 0 aliphatic heterocycles. The summed E-state index contributed by atoms with van der Waals surface area (Å²) in [4.78, 5) is 14.4. The molecule has 2 N–H and O–H groups in total. The molecule has 0 amide bonds. The molecule has 2 aromatic rings. The van der Waals surface area contributed by atoms with Gasteiger partial charge in [-0.15, -0.1) is 0 Å². The van der Waals surface area contributed by atoms with Gasteiger partial charge >= 0.3 is 0 Å². The lowest BCUT2D eigenvalue weighted by Crippen LogP contribution is -2.29. The number of aromatic nitrogens is 1. The second kappa shape index (κ2) is 5.86. The smallest absolute Gasteiger partial charge is 0.248 e. The third-order valence-corrected chi connectivity index (χ3v) is 4.44. The Morgan fingerprint density at radius 3 is 2.86 bits per heavy atom. The normalized spacial score (nSPS) is 19.0. The van der Waals surface area contributed by atoms with Gasteiger partial charge in [-0.3, -0.25) is 4.79 Å². The number of aromatic amines is 1. The van der Waals surface area contributed by atoms with Crippen LogP contribution in [0.3, 0.4) is 0 Å². The van der Waals surface area contributed by atoms with Crippen LogP contribution in [0.15, 0.2) is 41.2 Å². The standard InChI is InChI=1S/C18H22N2O/c1-12-6-3-4-7-14(12)13(2)19-16-8-5-9-17-15(16)10-11-18(21)20-17/h3-4,6-7,10-11,13,16,19H,5,8-9H2,1-2H3,(H,20,21)/t13-,16?/m1/s1.